The van der Waals surface area contributed by atoms with Gasteiger partial charge in [-0.25, -0.2) is 9.97 Å². The maximum atomic E-state index is 10.9. The van der Waals surface area contributed by atoms with Crippen molar-refractivity contribution in [3.63, 3.8) is 0 Å². The smallest absolute Gasteiger partial charge is 0.225 e. The van der Waals surface area contributed by atoms with E-state index in [0.29, 0.717) is 0 Å². The number of nitrogens with zero attached hydrogens (tertiary/aromatic N) is 5. The maximum absolute atomic E-state index is 10.9. The van der Waals surface area contributed by atoms with Crippen molar-refractivity contribution in [3.8, 4) is 0 Å². The fourth-order valence-corrected chi connectivity index (χ4v) is 3.78. The largest absolute Gasteiger partial charge is 0.385 e. The second kappa shape index (κ2) is 7.06. The Balaban J connectivity index is 1.38. The molecule has 6 nitrogen and oxygen atoms in total. The van der Waals surface area contributed by atoms with Crippen LogP contribution in [0.15, 0.2) is 36.8 Å². The first-order chi connectivity index (χ1) is 12.2. The van der Waals surface area contributed by atoms with Gasteiger partial charge in [0.1, 0.15) is 0 Å². The van der Waals surface area contributed by atoms with Gasteiger partial charge in [-0.2, -0.15) is 0 Å². The minimum absolute atomic E-state index is 0.725. The Bertz CT molecular complexity index is 694. The quantitative estimate of drug-likeness (QED) is 0.918. The van der Waals surface area contributed by atoms with E-state index in [-0.39, 0.29) is 0 Å². The van der Waals surface area contributed by atoms with E-state index in [1.54, 1.807) is 12.4 Å². The molecule has 4 rings (SSSR count). The Kier molecular flexibility index (Phi) is 4.63. The second-order valence-electron chi connectivity index (χ2n) is 7.09. The molecule has 132 valence electrons. The average Bonchev–Trinajstić information content (AvgIpc) is 3.20. The molecule has 2 aromatic rings. The lowest BCUT2D eigenvalue weighted by Gasteiger charge is -2.38. The summed E-state index contributed by atoms with van der Waals surface area (Å²) < 4.78 is 0. The van der Waals surface area contributed by atoms with E-state index < -0.39 is 5.60 Å². The van der Waals surface area contributed by atoms with E-state index >= 15 is 0 Å². The summed E-state index contributed by atoms with van der Waals surface area (Å²) in [5.74, 6) is 0.860. The Hall–Kier alpha value is -2.05. The first-order valence-electron chi connectivity index (χ1n) is 9.15. The highest BCUT2D eigenvalue weighted by Crippen LogP contribution is 2.32. The molecule has 2 aliphatic heterocycles. The lowest BCUT2D eigenvalue weighted by Crippen LogP contribution is -2.42. The van der Waals surface area contributed by atoms with Gasteiger partial charge in [0.2, 0.25) is 5.95 Å². The summed E-state index contributed by atoms with van der Waals surface area (Å²) in [4.78, 5) is 17.9. The monoisotopic (exact) mass is 339 g/mol. The Morgan fingerprint density at radius 3 is 2.56 bits per heavy atom. The molecule has 1 N–H and O–H groups in total. The maximum Gasteiger partial charge on any atom is 0.225 e. The third kappa shape index (κ3) is 3.65. The average molecular weight is 339 g/mol. The molecule has 0 bridgehead atoms. The number of likely N-dealkylation sites (tertiary alicyclic amines) is 1. The SMILES string of the molecule is OC1(c2cccnc2)CCN(Cc2ccnc(N3CCCC3)n2)CC1. The molecule has 4 heterocycles. The molecule has 0 aliphatic carbocycles. The lowest BCUT2D eigenvalue weighted by atomic mass is 9.85. The number of hydrogen-bond donors (Lipinski definition) is 1. The highest BCUT2D eigenvalue weighted by atomic mass is 16.3. The van der Waals surface area contributed by atoms with Gasteiger partial charge < -0.3 is 10.0 Å². The van der Waals surface area contributed by atoms with Gasteiger partial charge in [-0.05, 0) is 37.8 Å². The van der Waals surface area contributed by atoms with Crippen molar-refractivity contribution >= 4 is 5.95 Å². The van der Waals surface area contributed by atoms with Crippen LogP contribution in [0.4, 0.5) is 5.95 Å². The molecule has 2 aliphatic rings. The molecule has 0 radical (unpaired) electrons. The summed E-state index contributed by atoms with van der Waals surface area (Å²) in [5, 5.41) is 10.9. The highest BCUT2D eigenvalue weighted by molar-refractivity contribution is 5.31. The van der Waals surface area contributed by atoms with Gasteiger partial charge in [0.05, 0.1) is 11.3 Å². The minimum Gasteiger partial charge on any atom is -0.385 e. The van der Waals surface area contributed by atoms with Crippen LogP contribution in [0.1, 0.15) is 36.9 Å². The third-order valence-corrected chi connectivity index (χ3v) is 5.36. The number of aromatic nitrogens is 3. The summed E-state index contributed by atoms with van der Waals surface area (Å²) in [5.41, 5.74) is 1.23. The van der Waals surface area contributed by atoms with Crippen LogP contribution >= 0.6 is 0 Å². The molecule has 25 heavy (non-hydrogen) atoms. The molecule has 0 saturated carbocycles. The second-order valence-corrected chi connectivity index (χ2v) is 7.09. The van der Waals surface area contributed by atoms with Gasteiger partial charge in [-0.15, -0.1) is 0 Å². The Labute approximate surface area is 148 Å². The van der Waals surface area contributed by atoms with Gasteiger partial charge >= 0.3 is 0 Å². The number of aliphatic hydroxyl groups is 1. The fraction of sp³-hybridized carbons (Fsp3) is 0.526. The molecule has 2 fully saturated rings. The summed E-state index contributed by atoms with van der Waals surface area (Å²) in [7, 11) is 0. The zero-order chi connectivity index (χ0) is 17.1. The van der Waals surface area contributed by atoms with Crippen LogP contribution in [0.5, 0.6) is 0 Å². The van der Waals surface area contributed by atoms with E-state index in [1.807, 2.05) is 24.4 Å². The number of pyridine rings is 1. The standard InChI is InChI=1S/C19H25N5O/c25-19(16-4-3-8-20-14-16)6-12-23(13-7-19)15-17-5-9-21-18(22-17)24-10-1-2-11-24/h3-5,8-9,14,25H,1-2,6-7,10-13,15H2. The molecule has 0 aromatic carbocycles. The van der Waals surface area contributed by atoms with E-state index in [1.165, 1.54) is 12.8 Å². The van der Waals surface area contributed by atoms with Gasteiger partial charge in [-0.3, -0.25) is 9.88 Å². The summed E-state index contributed by atoms with van der Waals surface area (Å²) >= 11 is 0. The zero-order valence-electron chi connectivity index (χ0n) is 14.5. The van der Waals surface area contributed by atoms with Crippen LogP contribution in [0.25, 0.3) is 0 Å². The number of anilines is 1. The van der Waals surface area contributed by atoms with E-state index in [0.717, 1.165) is 62.8 Å². The van der Waals surface area contributed by atoms with Crippen molar-refractivity contribution in [1.82, 2.24) is 19.9 Å². The predicted octanol–water partition coefficient (Wildman–Crippen LogP) is 1.96. The topological polar surface area (TPSA) is 65.4 Å². The van der Waals surface area contributed by atoms with E-state index in [9.17, 15) is 5.11 Å². The first-order valence-corrected chi connectivity index (χ1v) is 9.15. The molecule has 6 heteroatoms. The number of rotatable bonds is 4. The molecule has 2 aromatic heterocycles. The minimum atomic E-state index is -0.753. The van der Waals surface area contributed by atoms with Crippen molar-refractivity contribution in [2.45, 2.75) is 37.8 Å². The molecule has 0 unspecified atom stereocenters. The van der Waals surface area contributed by atoms with E-state index in [2.05, 4.69) is 19.8 Å². The van der Waals surface area contributed by atoms with Gasteiger partial charge in [-0.1, -0.05) is 6.07 Å². The van der Waals surface area contributed by atoms with Gasteiger partial charge in [0.15, 0.2) is 0 Å². The normalized spacial score (nSPS) is 20.8. The van der Waals surface area contributed by atoms with Crippen molar-refractivity contribution in [2.24, 2.45) is 0 Å². The third-order valence-electron chi connectivity index (χ3n) is 5.36. The summed E-state index contributed by atoms with van der Waals surface area (Å²) in [6.07, 6.45) is 9.30. The summed E-state index contributed by atoms with van der Waals surface area (Å²) in [6, 6.07) is 5.86. The number of hydrogen-bond acceptors (Lipinski definition) is 6. The summed E-state index contributed by atoms with van der Waals surface area (Å²) in [6.45, 7) is 4.64. The Morgan fingerprint density at radius 1 is 1.04 bits per heavy atom. The highest BCUT2D eigenvalue weighted by Gasteiger charge is 2.34. The van der Waals surface area contributed by atoms with Crippen molar-refractivity contribution in [2.75, 3.05) is 31.1 Å². The number of piperidine rings is 1. The van der Waals surface area contributed by atoms with Crippen LogP contribution in [0.3, 0.4) is 0 Å². The van der Waals surface area contributed by atoms with Crippen LogP contribution < -0.4 is 4.90 Å². The van der Waals surface area contributed by atoms with E-state index in [4.69, 9.17) is 4.98 Å². The van der Waals surface area contributed by atoms with Crippen LogP contribution in [-0.4, -0.2) is 51.1 Å². The van der Waals surface area contributed by atoms with Crippen molar-refractivity contribution < 1.29 is 5.11 Å². The van der Waals surface area contributed by atoms with Gasteiger partial charge in [0.25, 0.3) is 0 Å². The zero-order valence-corrected chi connectivity index (χ0v) is 14.5. The van der Waals surface area contributed by atoms with Gasteiger partial charge in [0, 0.05) is 56.9 Å². The molecular weight excluding hydrogens is 314 g/mol. The first kappa shape index (κ1) is 16.4. The molecular formula is C19H25N5O. The van der Waals surface area contributed by atoms with Crippen LogP contribution in [0.2, 0.25) is 0 Å². The van der Waals surface area contributed by atoms with Crippen molar-refractivity contribution in [3.05, 3.63) is 48.0 Å². The predicted molar refractivity (Wildman–Crippen MR) is 96.1 cm³/mol. The van der Waals surface area contributed by atoms with Crippen molar-refractivity contribution in [1.29, 1.82) is 0 Å². The Morgan fingerprint density at radius 2 is 1.84 bits per heavy atom. The lowest BCUT2D eigenvalue weighted by molar-refractivity contribution is -0.0282. The van der Waals surface area contributed by atoms with Crippen LogP contribution in [0, 0.1) is 0 Å². The van der Waals surface area contributed by atoms with Crippen LogP contribution in [-0.2, 0) is 12.1 Å². The molecule has 0 spiro atoms. The molecule has 0 atom stereocenters. The fourth-order valence-electron chi connectivity index (χ4n) is 3.78. The molecule has 0 amide bonds. The molecule has 2 saturated heterocycles.